The normalized spacial score (nSPS) is 24.8. The van der Waals surface area contributed by atoms with Crippen molar-refractivity contribution >= 4 is 5.91 Å². The van der Waals surface area contributed by atoms with Gasteiger partial charge in [-0.2, -0.15) is 0 Å². The molecule has 0 unspecified atom stereocenters. The molecule has 1 aliphatic heterocycles. The van der Waals surface area contributed by atoms with Crippen molar-refractivity contribution in [2.75, 3.05) is 0 Å². The molecule has 3 heteroatoms. The fraction of sp³-hybridized carbons (Fsp3) is 0.588. The third-order valence-electron chi connectivity index (χ3n) is 4.78. The largest absolute Gasteiger partial charge is 0.350 e. The maximum Gasteiger partial charge on any atom is 0.237 e. The Morgan fingerprint density at radius 3 is 2.65 bits per heavy atom. The van der Waals surface area contributed by atoms with Crippen LogP contribution in [0.2, 0.25) is 0 Å². The molecule has 1 heterocycles. The summed E-state index contributed by atoms with van der Waals surface area (Å²) in [5, 5.41) is 6.66. The number of benzene rings is 1. The lowest BCUT2D eigenvalue weighted by Crippen LogP contribution is -2.55. The van der Waals surface area contributed by atoms with Crippen molar-refractivity contribution in [3.8, 4) is 0 Å². The predicted octanol–water partition coefficient (Wildman–Crippen LogP) is 2.54. The number of fused-ring (bicyclic) bond motifs is 1. The summed E-state index contributed by atoms with van der Waals surface area (Å²) in [6.07, 6.45) is 6.80. The van der Waals surface area contributed by atoms with Crippen LogP contribution in [0, 0.1) is 0 Å². The van der Waals surface area contributed by atoms with Crippen LogP contribution in [0.15, 0.2) is 24.3 Å². The Labute approximate surface area is 121 Å². The van der Waals surface area contributed by atoms with Gasteiger partial charge in [0.25, 0.3) is 0 Å². The number of hydrogen-bond acceptors (Lipinski definition) is 2. The quantitative estimate of drug-likeness (QED) is 0.868. The van der Waals surface area contributed by atoms with Crippen LogP contribution in [-0.4, -0.2) is 17.5 Å². The molecule has 3 rings (SSSR count). The van der Waals surface area contributed by atoms with Crippen molar-refractivity contribution in [1.82, 2.24) is 10.6 Å². The van der Waals surface area contributed by atoms with Gasteiger partial charge in [0.05, 0.1) is 6.04 Å². The lowest BCUT2D eigenvalue weighted by atomic mass is 9.83. The third-order valence-corrected chi connectivity index (χ3v) is 4.78. The molecular weight excluding hydrogens is 248 g/mol. The van der Waals surface area contributed by atoms with E-state index in [-0.39, 0.29) is 17.5 Å². The molecule has 0 bridgehead atoms. The molecule has 108 valence electrons. The van der Waals surface area contributed by atoms with E-state index in [1.165, 1.54) is 30.4 Å². The second-order valence-electron chi connectivity index (χ2n) is 6.52. The summed E-state index contributed by atoms with van der Waals surface area (Å²) in [5.41, 5.74) is 2.63. The fourth-order valence-corrected chi connectivity index (χ4v) is 3.48. The molecule has 1 aromatic carbocycles. The van der Waals surface area contributed by atoms with Crippen LogP contribution in [0.1, 0.15) is 50.2 Å². The standard InChI is InChI=1S/C17H24N2O/c1-17(9-5-2-6-10-17)19-16(20)15-11-13-7-3-4-8-14(13)12-18-15/h3-4,7-8,15,18H,2,5-6,9-12H2,1H3,(H,19,20)/t15-/m0/s1. The number of carbonyl (C=O) groups excluding carboxylic acids is 1. The summed E-state index contributed by atoms with van der Waals surface area (Å²) in [4.78, 5) is 12.5. The highest BCUT2D eigenvalue weighted by Crippen LogP contribution is 2.28. The Morgan fingerprint density at radius 2 is 1.90 bits per heavy atom. The zero-order chi connectivity index (χ0) is 14.0. The Bertz CT molecular complexity index is 492. The van der Waals surface area contributed by atoms with E-state index in [9.17, 15) is 4.79 Å². The molecule has 1 atom stereocenters. The highest BCUT2D eigenvalue weighted by Gasteiger charge is 2.32. The first kappa shape index (κ1) is 13.6. The molecule has 3 nitrogen and oxygen atoms in total. The van der Waals surface area contributed by atoms with Crippen LogP contribution >= 0.6 is 0 Å². The lowest BCUT2D eigenvalue weighted by molar-refractivity contribution is -0.125. The van der Waals surface area contributed by atoms with Gasteiger partial charge in [-0.25, -0.2) is 0 Å². The minimum absolute atomic E-state index is 0.00792. The molecule has 0 aromatic heterocycles. The molecule has 0 spiro atoms. The van der Waals surface area contributed by atoms with Crippen molar-refractivity contribution in [2.45, 2.75) is 63.6 Å². The SMILES string of the molecule is CC1(NC(=O)[C@@H]2Cc3ccccc3CN2)CCCCC1. The van der Waals surface area contributed by atoms with Gasteiger partial charge in [-0.1, -0.05) is 43.5 Å². The predicted molar refractivity (Wildman–Crippen MR) is 80.4 cm³/mol. The van der Waals surface area contributed by atoms with Gasteiger partial charge in [-0.3, -0.25) is 4.79 Å². The van der Waals surface area contributed by atoms with E-state index in [0.29, 0.717) is 0 Å². The fourth-order valence-electron chi connectivity index (χ4n) is 3.48. The highest BCUT2D eigenvalue weighted by atomic mass is 16.2. The highest BCUT2D eigenvalue weighted by molar-refractivity contribution is 5.83. The Kier molecular flexibility index (Phi) is 3.79. The maximum atomic E-state index is 12.5. The van der Waals surface area contributed by atoms with Gasteiger partial charge in [0.2, 0.25) is 5.91 Å². The Hall–Kier alpha value is -1.35. The molecule has 0 radical (unpaired) electrons. The van der Waals surface area contributed by atoms with Crippen LogP contribution < -0.4 is 10.6 Å². The zero-order valence-electron chi connectivity index (χ0n) is 12.2. The van der Waals surface area contributed by atoms with Gasteiger partial charge < -0.3 is 10.6 Å². The molecular formula is C17H24N2O. The van der Waals surface area contributed by atoms with E-state index in [1.807, 2.05) is 0 Å². The van der Waals surface area contributed by atoms with Gasteiger partial charge in [0, 0.05) is 12.1 Å². The van der Waals surface area contributed by atoms with Crippen LogP contribution in [-0.2, 0) is 17.8 Å². The average molecular weight is 272 g/mol. The molecule has 1 saturated carbocycles. The molecule has 1 fully saturated rings. The summed E-state index contributed by atoms with van der Waals surface area (Å²) in [7, 11) is 0. The molecule has 1 amide bonds. The molecule has 1 aliphatic carbocycles. The minimum atomic E-state index is -0.0800. The number of rotatable bonds is 2. The van der Waals surface area contributed by atoms with Crippen molar-refractivity contribution in [1.29, 1.82) is 0 Å². The Morgan fingerprint density at radius 1 is 1.20 bits per heavy atom. The molecule has 0 saturated heterocycles. The van der Waals surface area contributed by atoms with Crippen LogP contribution in [0.5, 0.6) is 0 Å². The second-order valence-corrected chi connectivity index (χ2v) is 6.52. The van der Waals surface area contributed by atoms with Gasteiger partial charge in [-0.15, -0.1) is 0 Å². The number of nitrogens with one attached hydrogen (secondary N) is 2. The monoisotopic (exact) mass is 272 g/mol. The minimum Gasteiger partial charge on any atom is -0.350 e. The van der Waals surface area contributed by atoms with E-state index in [4.69, 9.17) is 0 Å². The first-order valence-corrected chi connectivity index (χ1v) is 7.78. The topological polar surface area (TPSA) is 41.1 Å². The van der Waals surface area contributed by atoms with E-state index in [0.717, 1.165) is 25.8 Å². The van der Waals surface area contributed by atoms with Crippen molar-refractivity contribution in [3.05, 3.63) is 35.4 Å². The van der Waals surface area contributed by atoms with Crippen molar-refractivity contribution in [3.63, 3.8) is 0 Å². The molecule has 1 aromatic rings. The van der Waals surface area contributed by atoms with Crippen LogP contribution in [0.25, 0.3) is 0 Å². The lowest BCUT2D eigenvalue weighted by Gasteiger charge is -2.36. The summed E-state index contributed by atoms with van der Waals surface area (Å²) >= 11 is 0. The zero-order valence-corrected chi connectivity index (χ0v) is 12.2. The molecule has 20 heavy (non-hydrogen) atoms. The first-order chi connectivity index (χ1) is 9.66. The van der Waals surface area contributed by atoms with E-state index in [2.05, 4.69) is 41.8 Å². The maximum absolute atomic E-state index is 12.5. The van der Waals surface area contributed by atoms with Gasteiger partial charge in [0.15, 0.2) is 0 Å². The molecule has 2 N–H and O–H groups in total. The first-order valence-electron chi connectivity index (χ1n) is 7.78. The summed E-state index contributed by atoms with van der Waals surface area (Å²) in [6.45, 7) is 2.99. The van der Waals surface area contributed by atoms with Crippen LogP contribution in [0.4, 0.5) is 0 Å². The van der Waals surface area contributed by atoms with E-state index < -0.39 is 0 Å². The van der Waals surface area contributed by atoms with E-state index in [1.54, 1.807) is 0 Å². The summed E-state index contributed by atoms with van der Waals surface area (Å²) < 4.78 is 0. The van der Waals surface area contributed by atoms with E-state index >= 15 is 0 Å². The third kappa shape index (κ3) is 2.88. The summed E-state index contributed by atoms with van der Waals surface area (Å²) in [5.74, 6) is 0.170. The molecule has 2 aliphatic rings. The Balaban J connectivity index is 1.64. The smallest absolute Gasteiger partial charge is 0.237 e. The summed E-state index contributed by atoms with van der Waals surface area (Å²) in [6, 6.07) is 8.31. The van der Waals surface area contributed by atoms with Gasteiger partial charge >= 0.3 is 0 Å². The van der Waals surface area contributed by atoms with Crippen molar-refractivity contribution < 1.29 is 4.79 Å². The number of carbonyl (C=O) groups is 1. The van der Waals surface area contributed by atoms with Crippen LogP contribution in [0.3, 0.4) is 0 Å². The van der Waals surface area contributed by atoms with Gasteiger partial charge in [-0.05, 0) is 37.3 Å². The van der Waals surface area contributed by atoms with Gasteiger partial charge in [0.1, 0.15) is 0 Å². The van der Waals surface area contributed by atoms with Crippen molar-refractivity contribution in [2.24, 2.45) is 0 Å². The number of amides is 1. The second kappa shape index (κ2) is 5.57. The number of hydrogen-bond donors (Lipinski definition) is 2. The average Bonchev–Trinajstić information content (AvgIpc) is 2.47.